The van der Waals surface area contributed by atoms with Gasteiger partial charge in [-0.15, -0.1) is 0 Å². The van der Waals surface area contributed by atoms with Gasteiger partial charge in [0.25, 0.3) is 0 Å². The van der Waals surface area contributed by atoms with Gasteiger partial charge in [-0.1, -0.05) is 6.07 Å². The van der Waals surface area contributed by atoms with Crippen LogP contribution in [0.15, 0.2) is 24.4 Å². The summed E-state index contributed by atoms with van der Waals surface area (Å²) in [6, 6.07) is 7.84. The van der Waals surface area contributed by atoms with E-state index in [2.05, 4.69) is 26.5 Å². The normalized spacial score (nSPS) is 10.7. The molecule has 0 atom stereocenters. The van der Waals surface area contributed by atoms with Crippen molar-refractivity contribution in [1.29, 1.82) is 5.26 Å². The van der Waals surface area contributed by atoms with Gasteiger partial charge < -0.3 is 5.32 Å². The molecule has 3 rings (SSSR count). The van der Waals surface area contributed by atoms with E-state index in [9.17, 15) is 4.79 Å². The highest BCUT2D eigenvalue weighted by atomic mass is 16.1. The summed E-state index contributed by atoms with van der Waals surface area (Å²) in [5, 5.41) is 16.2. The lowest BCUT2D eigenvalue weighted by molar-refractivity contribution is -0.121. The monoisotopic (exact) mass is 348 g/mol. The number of pyridine rings is 1. The standard InChI is InChI=1S/C19H20N6O/c1-12-5-4-6-16(23-12)11-21-18(26)8-7-17-13(2)24-19-15(9-20)10-22-25(19)14(17)3/h4-6,10H,7-8,11H2,1-3H3,(H,21,26). The summed E-state index contributed by atoms with van der Waals surface area (Å²) in [7, 11) is 0. The van der Waals surface area contributed by atoms with E-state index in [1.165, 1.54) is 6.20 Å². The molecule has 0 radical (unpaired) electrons. The van der Waals surface area contributed by atoms with Gasteiger partial charge in [0.1, 0.15) is 11.6 Å². The van der Waals surface area contributed by atoms with Crippen LogP contribution in [0.5, 0.6) is 0 Å². The van der Waals surface area contributed by atoms with Crippen molar-refractivity contribution in [3.8, 4) is 6.07 Å². The SMILES string of the molecule is Cc1cccc(CNC(=O)CCc2c(C)nc3c(C#N)cnn3c2C)n1. The molecule has 3 aromatic heterocycles. The molecular formula is C19H20N6O. The predicted octanol–water partition coefficient (Wildman–Crippen LogP) is 2.17. The molecule has 0 aliphatic carbocycles. The Bertz CT molecular complexity index is 1010. The van der Waals surface area contributed by atoms with Crippen molar-refractivity contribution in [2.24, 2.45) is 0 Å². The van der Waals surface area contributed by atoms with Crippen LogP contribution >= 0.6 is 0 Å². The molecule has 26 heavy (non-hydrogen) atoms. The van der Waals surface area contributed by atoms with E-state index in [-0.39, 0.29) is 5.91 Å². The van der Waals surface area contributed by atoms with Gasteiger partial charge in [0.05, 0.1) is 18.4 Å². The number of nitriles is 1. The topological polar surface area (TPSA) is 96.0 Å². The average molecular weight is 348 g/mol. The van der Waals surface area contributed by atoms with Crippen molar-refractivity contribution in [1.82, 2.24) is 24.9 Å². The average Bonchev–Trinajstić information content (AvgIpc) is 3.02. The Balaban J connectivity index is 1.67. The van der Waals surface area contributed by atoms with Crippen molar-refractivity contribution in [3.63, 3.8) is 0 Å². The lowest BCUT2D eigenvalue weighted by Crippen LogP contribution is -2.24. The quantitative estimate of drug-likeness (QED) is 0.762. The Kier molecular flexibility index (Phi) is 4.94. The van der Waals surface area contributed by atoms with Crippen molar-refractivity contribution in [2.75, 3.05) is 0 Å². The predicted molar refractivity (Wildman–Crippen MR) is 96.3 cm³/mol. The number of hydrogen-bond acceptors (Lipinski definition) is 5. The number of nitrogens with zero attached hydrogens (tertiary/aromatic N) is 5. The number of carbonyl (C=O) groups excluding carboxylic acids is 1. The third kappa shape index (κ3) is 3.54. The van der Waals surface area contributed by atoms with Crippen LogP contribution in [-0.2, 0) is 17.8 Å². The number of aryl methyl sites for hydroxylation is 3. The van der Waals surface area contributed by atoms with Crippen LogP contribution in [0.4, 0.5) is 0 Å². The fourth-order valence-corrected chi connectivity index (χ4v) is 2.97. The van der Waals surface area contributed by atoms with E-state index in [1.807, 2.05) is 39.0 Å². The molecule has 132 valence electrons. The van der Waals surface area contributed by atoms with E-state index >= 15 is 0 Å². The second-order valence-electron chi connectivity index (χ2n) is 6.21. The van der Waals surface area contributed by atoms with Crippen LogP contribution in [0.3, 0.4) is 0 Å². The van der Waals surface area contributed by atoms with Gasteiger partial charge in [0.2, 0.25) is 5.91 Å². The maximum absolute atomic E-state index is 12.2. The molecule has 0 saturated carbocycles. The van der Waals surface area contributed by atoms with Gasteiger partial charge in [0.15, 0.2) is 5.65 Å². The summed E-state index contributed by atoms with van der Waals surface area (Å²) in [4.78, 5) is 21.0. The zero-order valence-corrected chi connectivity index (χ0v) is 15.1. The lowest BCUT2D eigenvalue weighted by atomic mass is 10.1. The second kappa shape index (κ2) is 7.31. The molecule has 0 aliphatic rings. The summed E-state index contributed by atoms with van der Waals surface area (Å²) < 4.78 is 1.66. The minimum absolute atomic E-state index is 0.0367. The summed E-state index contributed by atoms with van der Waals surface area (Å²) in [6.45, 7) is 6.16. The van der Waals surface area contributed by atoms with E-state index < -0.39 is 0 Å². The molecule has 0 aromatic carbocycles. The number of nitrogens with one attached hydrogen (secondary N) is 1. The lowest BCUT2D eigenvalue weighted by Gasteiger charge is -2.11. The molecule has 0 spiro atoms. The maximum atomic E-state index is 12.2. The Hall–Kier alpha value is -3.27. The molecule has 0 aliphatic heterocycles. The van der Waals surface area contributed by atoms with Gasteiger partial charge in [0, 0.05) is 23.5 Å². The fourth-order valence-electron chi connectivity index (χ4n) is 2.97. The van der Waals surface area contributed by atoms with E-state index in [4.69, 9.17) is 5.26 Å². The van der Waals surface area contributed by atoms with Crippen LogP contribution in [0.25, 0.3) is 5.65 Å². The van der Waals surface area contributed by atoms with Crippen molar-refractivity contribution in [2.45, 2.75) is 40.2 Å². The number of hydrogen-bond donors (Lipinski definition) is 1. The molecule has 7 nitrogen and oxygen atoms in total. The van der Waals surface area contributed by atoms with Gasteiger partial charge in [-0.25, -0.2) is 9.50 Å². The van der Waals surface area contributed by atoms with Crippen LogP contribution in [0, 0.1) is 32.1 Å². The summed E-state index contributed by atoms with van der Waals surface area (Å²) >= 11 is 0. The van der Waals surface area contributed by atoms with Crippen molar-refractivity contribution in [3.05, 3.63) is 58.3 Å². The molecule has 0 unspecified atom stereocenters. The van der Waals surface area contributed by atoms with E-state index in [0.29, 0.717) is 30.6 Å². The third-order valence-electron chi connectivity index (χ3n) is 4.34. The largest absolute Gasteiger partial charge is 0.350 e. The molecule has 1 amide bonds. The number of fused-ring (bicyclic) bond motifs is 1. The first kappa shape index (κ1) is 17.5. The summed E-state index contributed by atoms with van der Waals surface area (Å²) in [5.41, 5.74) is 5.48. The van der Waals surface area contributed by atoms with Crippen molar-refractivity contribution < 1.29 is 4.79 Å². The number of rotatable bonds is 5. The minimum atomic E-state index is -0.0367. The van der Waals surface area contributed by atoms with Gasteiger partial charge >= 0.3 is 0 Å². The Morgan fingerprint density at radius 2 is 2.08 bits per heavy atom. The highest BCUT2D eigenvalue weighted by molar-refractivity contribution is 5.76. The van der Waals surface area contributed by atoms with Gasteiger partial charge in [-0.3, -0.25) is 9.78 Å². The van der Waals surface area contributed by atoms with Crippen LogP contribution < -0.4 is 5.32 Å². The van der Waals surface area contributed by atoms with Crippen molar-refractivity contribution >= 4 is 11.6 Å². The first-order valence-corrected chi connectivity index (χ1v) is 8.42. The van der Waals surface area contributed by atoms with E-state index in [1.54, 1.807) is 4.52 Å². The third-order valence-corrected chi connectivity index (χ3v) is 4.34. The van der Waals surface area contributed by atoms with Gasteiger partial charge in [-0.05, 0) is 44.9 Å². The maximum Gasteiger partial charge on any atom is 0.220 e. The van der Waals surface area contributed by atoms with Gasteiger partial charge in [-0.2, -0.15) is 10.4 Å². The zero-order chi connectivity index (χ0) is 18.7. The summed E-state index contributed by atoms with van der Waals surface area (Å²) in [6.07, 6.45) is 2.43. The number of amides is 1. The first-order valence-electron chi connectivity index (χ1n) is 8.42. The first-order chi connectivity index (χ1) is 12.5. The molecule has 7 heteroatoms. The molecule has 0 fully saturated rings. The van der Waals surface area contributed by atoms with E-state index in [0.717, 1.165) is 28.3 Å². The fraction of sp³-hybridized carbons (Fsp3) is 0.316. The second-order valence-corrected chi connectivity index (χ2v) is 6.21. The Morgan fingerprint density at radius 3 is 2.81 bits per heavy atom. The summed E-state index contributed by atoms with van der Waals surface area (Å²) in [5.74, 6) is -0.0367. The molecule has 1 N–H and O–H groups in total. The Morgan fingerprint density at radius 1 is 1.27 bits per heavy atom. The molecule has 3 heterocycles. The van der Waals surface area contributed by atoms with Crippen LogP contribution in [0.1, 0.15) is 40.3 Å². The van der Waals surface area contributed by atoms with Crippen LogP contribution in [-0.4, -0.2) is 25.5 Å². The zero-order valence-electron chi connectivity index (χ0n) is 15.1. The molecular weight excluding hydrogens is 328 g/mol. The van der Waals surface area contributed by atoms with Crippen LogP contribution in [0.2, 0.25) is 0 Å². The molecule has 3 aromatic rings. The minimum Gasteiger partial charge on any atom is -0.350 e. The highest BCUT2D eigenvalue weighted by Gasteiger charge is 2.14. The molecule has 0 bridgehead atoms. The Labute approximate surface area is 151 Å². The molecule has 0 saturated heterocycles. The number of carbonyl (C=O) groups is 1. The highest BCUT2D eigenvalue weighted by Crippen LogP contribution is 2.18. The smallest absolute Gasteiger partial charge is 0.220 e. The number of aromatic nitrogens is 4.